The van der Waals surface area contributed by atoms with Crippen molar-refractivity contribution in [2.75, 3.05) is 0 Å². The van der Waals surface area contributed by atoms with E-state index in [1.54, 1.807) is 24.4 Å². The maximum atomic E-state index is 14.0. The molecule has 0 N–H and O–H groups in total. The third-order valence-corrected chi connectivity index (χ3v) is 9.31. The van der Waals surface area contributed by atoms with Crippen LogP contribution in [0.2, 0.25) is 0 Å². The van der Waals surface area contributed by atoms with Crippen LogP contribution >= 0.6 is 0 Å². The van der Waals surface area contributed by atoms with Crippen LogP contribution in [0.4, 0.5) is 0 Å². The lowest BCUT2D eigenvalue weighted by atomic mass is 9.83. The molecule has 0 bridgehead atoms. The van der Waals surface area contributed by atoms with E-state index in [-0.39, 0.29) is 34.3 Å². The van der Waals surface area contributed by atoms with E-state index in [1.807, 2.05) is 64.1 Å². The molecule has 0 amide bonds. The summed E-state index contributed by atoms with van der Waals surface area (Å²) in [6, 6.07) is 16.0. The fourth-order valence-electron chi connectivity index (χ4n) is 7.57. The Labute approximate surface area is 247 Å². The molecule has 0 aliphatic heterocycles. The van der Waals surface area contributed by atoms with E-state index in [0.29, 0.717) is 49.2 Å². The standard InChI is InChI=1S/C36H24N4O4/c1-15(2)39-33(41)19-10-8-17-18-9-11-20-27-23(36(44)40(16(3)4)34(20)42)14-25-31(29(18)27)30-21(13-22(35(39)43)26(19)28(17)30)32(38-25)24-7-5-6-12-37-24/h5-16H,1-4H3. The molecule has 0 fully saturated rings. The number of nitrogens with zero attached hydrogens (tertiary/aromatic N) is 4. The van der Waals surface area contributed by atoms with E-state index >= 15 is 0 Å². The SMILES string of the molecule is CC(C)n1c(=O)c2ccc3c4ccc5c(=O)n(C(C)C)c(=O)c6cc7c(-c8ccccn8)nc8cc(c1=O)c2c3c8c7c4c56. The molecule has 0 radical (unpaired) electrons. The van der Waals surface area contributed by atoms with Crippen molar-refractivity contribution in [3.63, 3.8) is 0 Å². The molecule has 0 atom stereocenters. The van der Waals surface area contributed by atoms with Gasteiger partial charge in [-0.25, -0.2) is 4.98 Å². The maximum Gasteiger partial charge on any atom is 0.261 e. The van der Waals surface area contributed by atoms with Gasteiger partial charge in [0.2, 0.25) is 0 Å². The van der Waals surface area contributed by atoms with Crippen LogP contribution in [0.25, 0.3) is 86.9 Å². The number of aromatic nitrogens is 4. The molecule has 0 saturated carbocycles. The highest BCUT2D eigenvalue weighted by Gasteiger charge is 2.28. The third-order valence-electron chi connectivity index (χ3n) is 9.31. The second-order valence-electron chi connectivity index (χ2n) is 12.3. The largest absolute Gasteiger partial charge is 0.272 e. The Morgan fingerprint density at radius 3 is 1.57 bits per heavy atom. The summed E-state index contributed by atoms with van der Waals surface area (Å²) in [5, 5.41) is 8.72. The summed E-state index contributed by atoms with van der Waals surface area (Å²) >= 11 is 0. The van der Waals surface area contributed by atoms with E-state index in [4.69, 9.17) is 4.98 Å². The van der Waals surface area contributed by atoms with Crippen LogP contribution in [0, 0.1) is 0 Å². The van der Waals surface area contributed by atoms with E-state index in [1.165, 1.54) is 9.13 Å². The minimum Gasteiger partial charge on any atom is -0.272 e. The van der Waals surface area contributed by atoms with E-state index in [2.05, 4.69) is 4.98 Å². The second kappa shape index (κ2) is 8.11. The van der Waals surface area contributed by atoms with Gasteiger partial charge in [-0.15, -0.1) is 0 Å². The molecule has 0 spiro atoms. The van der Waals surface area contributed by atoms with Crippen molar-refractivity contribution >= 4 is 75.5 Å². The molecule has 8 nitrogen and oxygen atoms in total. The quantitative estimate of drug-likeness (QED) is 0.184. The van der Waals surface area contributed by atoms with Gasteiger partial charge >= 0.3 is 0 Å². The highest BCUT2D eigenvalue weighted by Crippen LogP contribution is 2.49. The van der Waals surface area contributed by atoms with Gasteiger partial charge in [-0.3, -0.25) is 33.3 Å². The average Bonchev–Trinajstić information content (AvgIpc) is 3.01. The van der Waals surface area contributed by atoms with Gasteiger partial charge in [-0.1, -0.05) is 18.2 Å². The minimum absolute atomic E-state index is 0.320. The third kappa shape index (κ3) is 2.79. The molecule has 4 heterocycles. The highest BCUT2D eigenvalue weighted by molar-refractivity contribution is 6.45. The van der Waals surface area contributed by atoms with Gasteiger partial charge in [-0.05, 0) is 80.3 Å². The molecule has 212 valence electrons. The molecule has 4 aromatic heterocycles. The zero-order valence-electron chi connectivity index (χ0n) is 24.4. The molecule has 9 rings (SSSR count). The highest BCUT2D eigenvalue weighted by atomic mass is 16.2. The van der Waals surface area contributed by atoms with Gasteiger partial charge in [0.15, 0.2) is 0 Å². The molecule has 5 aromatic carbocycles. The van der Waals surface area contributed by atoms with Gasteiger partial charge in [0.1, 0.15) is 0 Å². The van der Waals surface area contributed by atoms with E-state index < -0.39 is 0 Å². The number of fused-ring (bicyclic) bond motifs is 1. The average molecular weight is 577 g/mol. The molecule has 0 unspecified atom stereocenters. The molecule has 9 aromatic rings. The van der Waals surface area contributed by atoms with Gasteiger partial charge in [0.25, 0.3) is 22.2 Å². The Morgan fingerprint density at radius 1 is 0.523 bits per heavy atom. The Kier molecular flexibility index (Phi) is 4.61. The first-order chi connectivity index (χ1) is 21.2. The van der Waals surface area contributed by atoms with Gasteiger partial charge in [0.05, 0.1) is 22.3 Å². The Bertz CT molecular complexity index is 2910. The van der Waals surface area contributed by atoms with E-state index in [0.717, 1.165) is 37.7 Å². The summed E-state index contributed by atoms with van der Waals surface area (Å²) in [5.74, 6) is 0. The zero-order chi connectivity index (χ0) is 30.3. The maximum absolute atomic E-state index is 14.0. The van der Waals surface area contributed by atoms with Gasteiger partial charge < -0.3 is 0 Å². The first-order valence-corrected chi connectivity index (χ1v) is 14.7. The van der Waals surface area contributed by atoms with Crippen molar-refractivity contribution in [1.82, 2.24) is 19.1 Å². The molecule has 0 aliphatic carbocycles. The number of rotatable bonds is 3. The van der Waals surface area contributed by atoms with Crippen LogP contribution in [0.5, 0.6) is 0 Å². The number of hydrogen-bond donors (Lipinski definition) is 0. The number of hydrogen-bond acceptors (Lipinski definition) is 6. The molecule has 0 aliphatic rings. The van der Waals surface area contributed by atoms with Crippen LogP contribution in [-0.4, -0.2) is 19.1 Å². The Balaban J connectivity index is 1.68. The van der Waals surface area contributed by atoms with Crippen molar-refractivity contribution in [3.8, 4) is 11.4 Å². The first-order valence-electron chi connectivity index (χ1n) is 14.7. The summed E-state index contributed by atoms with van der Waals surface area (Å²) in [5.41, 5.74) is 0.461. The Hall–Kier alpha value is -5.50. The lowest BCUT2D eigenvalue weighted by Gasteiger charge is -2.22. The molecule has 44 heavy (non-hydrogen) atoms. The van der Waals surface area contributed by atoms with Gasteiger partial charge in [0, 0.05) is 66.8 Å². The van der Waals surface area contributed by atoms with Crippen molar-refractivity contribution in [1.29, 1.82) is 0 Å². The number of benzene rings is 5. The molecule has 8 heteroatoms. The number of pyridine rings is 4. The Morgan fingerprint density at radius 2 is 1.02 bits per heavy atom. The fourth-order valence-corrected chi connectivity index (χ4v) is 7.57. The monoisotopic (exact) mass is 576 g/mol. The minimum atomic E-state index is -0.348. The lowest BCUT2D eigenvalue weighted by Crippen LogP contribution is -2.35. The predicted octanol–water partition coefficient (Wildman–Crippen LogP) is 6.17. The van der Waals surface area contributed by atoms with Crippen LogP contribution in [0.15, 0.2) is 80.0 Å². The van der Waals surface area contributed by atoms with Crippen molar-refractivity contribution in [2.45, 2.75) is 39.8 Å². The topological polar surface area (TPSA) is 104 Å². The lowest BCUT2D eigenvalue weighted by molar-refractivity contribution is 0.568. The zero-order valence-corrected chi connectivity index (χ0v) is 24.4. The summed E-state index contributed by atoms with van der Waals surface area (Å²) in [6.07, 6.45) is 1.70. The van der Waals surface area contributed by atoms with Crippen LogP contribution < -0.4 is 22.2 Å². The molecule has 0 saturated heterocycles. The van der Waals surface area contributed by atoms with Crippen LogP contribution in [-0.2, 0) is 0 Å². The summed E-state index contributed by atoms with van der Waals surface area (Å²) in [6.45, 7) is 7.33. The van der Waals surface area contributed by atoms with Crippen molar-refractivity contribution < 1.29 is 0 Å². The van der Waals surface area contributed by atoms with Crippen molar-refractivity contribution in [2.24, 2.45) is 0 Å². The van der Waals surface area contributed by atoms with E-state index in [9.17, 15) is 19.2 Å². The smallest absolute Gasteiger partial charge is 0.261 e. The normalized spacial score (nSPS) is 12.9. The van der Waals surface area contributed by atoms with Gasteiger partial charge in [-0.2, -0.15) is 0 Å². The summed E-state index contributed by atoms with van der Waals surface area (Å²) < 4.78 is 2.63. The second-order valence-corrected chi connectivity index (χ2v) is 12.3. The van der Waals surface area contributed by atoms with Crippen molar-refractivity contribution in [3.05, 3.63) is 102 Å². The summed E-state index contributed by atoms with van der Waals surface area (Å²) in [7, 11) is 0. The molecular formula is C36H24N4O4. The first kappa shape index (κ1) is 25.0. The van der Waals surface area contributed by atoms with Crippen LogP contribution in [0.3, 0.4) is 0 Å². The predicted molar refractivity (Wildman–Crippen MR) is 177 cm³/mol. The summed E-state index contributed by atoms with van der Waals surface area (Å²) in [4.78, 5) is 65.1. The fraction of sp³-hybridized carbons (Fsp3) is 0.167. The van der Waals surface area contributed by atoms with Crippen LogP contribution in [0.1, 0.15) is 39.8 Å². The molecular weight excluding hydrogens is 552 g/mol.